The minimum absolute atomic E-state index is 0.261. The smallest absolute Gasteiger partial charge is 0.315 e. The van der Waals surface area contributed by atoms with Gasteiger partial charge in [-0.15, -0.1) is 0 Å². The molecule has 0 saturated carbocycles. The van der Waals surface area contributed by atoms with E-state index in [-0.39, 0.29) is 6.03 Å². The number of carbonyl (C=O) groups excluding carboxylic acids is 1. The van der Waals surface area contributed by atoms with E-state index in [0.29, 0.717) is 12.3 Å². The normalized spacial score (nSPS) is 11.9. The van der Waals surface area contributed by atoms with Gasteiger partial charge in [0.05, 0.1) is 18.1 Å². The number of imidazole rings is 2. The molecule has 0 aliphatic heterocycles. The van der Waals surface area contributed by atoms with Gasteiger partial charge < -0.3 is 24.9 Å². The fraction of sp³-hybridized carbons (Fsp3) is 0.261. The van der Waals surface area contributed by atoms with Crippen molar-refractivity contribution in [3.05, 3.63) is 78.1 Å². The highest BCUT2D eigenvalue weighted by atomic mass is 16.5. The van der Waals surface area contributed by atoms with Gasteiger partial charge in [0.15, 0.2) is 0 Å². The predicted molar refractivity (Wildman–Crippen MR) is 119 cm³/mol. The van der Waals surface area contributed by atoms with Crippen molar-refractivity contribution >= 4 is 17.1 Å². The summed E-state index contributed by atoms with van der Waals surface area (Å²) in [4.78, 5) is 25.0. The number of H-pyrrole nitrogens is 1. The number of ether oxygens (including phenoxy) is 1. The molecule has 0 saturated heterocycles. The Labute approximate surface area is 180 Å². The monoisotopic (exact) mass is 418 g/mol. The van der Waals surface area contributed by atoms with Gasteiger partial charge in [-0.3, -0.25) is 0 Å². The number of fused-ring (bicyclic) bond motifs is 1. The van der Waals surface area contributed by atoms with Crippen molar-refractivity contribution < 1.29 is 9.53 Å². The molecule has 160 valence electrons. The van der Waals surface area contributed by atoms with Gasteiger partial charge in [-0.05, 0) is 24.6 Å². The van der Waals surface area contributed by atoms with Crippen LogP contribution in [0.3, 0.4) is 0 Å². The molecule has 3 N–H and O–H groups in total. The van der Waals surface area contributed by atoms with Crippen LogP contribution in [0.15, 0.2) is 60.9 Å². The number of nitrogens with one attached hydrogen (secondary N) is 3. The second-order valence-corrected chi connectivity index (χ2v) is 7.28. The molecular formula is C23H26N6O2. The van der Waals surface area contributed by atoms with Crippen LogP contribution in [0.2, 0.25) is 0 Å². The Bertz CT molecular complexity index is 1130. The average molecular weight is 419 g/mol. The van der Waals surface area contributed by atoms with Crippen LogP contribution in [0.4, 0.5) is 4.79 Å². The van der Waals surface area contributed by atoms with Crippen molar-refractivity contribution in [3.8, 4) is 5.75 Å². The summed E-state index contributed by atoms with van der Waals surface area (Å²) in [5.41, 5.74) is 2.83. The summed E-state index contributed by atoms with van der Waals surface area (Å²) >= 11 is 0. The molecular weight excluding hydrogens is 392 g/mol. The lowest BCUT2D eigenvalue weighted by molar-refractivity contribution is 0.237. The van der Waals surface area contributed by atoms with Gasteiger partial charge in [0.2, 0.25) is 0 Å². The Morgan fingerprint density at radius 3 is 2.77 bits per heavy atom. The Morgan fingerprint density at radius 2 is 2.00 bits per heavy atom. The van der Waals surface area contributed by atoms with Crippen molar-refractivity contribution in [2.45, 2.75) is 18.9 Å². The van der Waals surface area contributed by atoms with E-state index in [9.17, 15) is 4.79 Å². The van der Waals surface area contributed by atoms with Crippen LogP contribution in [-0.4, -0.2) is 39.2 Å². The average Bonchev–Trinajstić information content (AvgIpc) is 3.40. The van der Waals surface area contributed by atoms with Crippen LogP contribution in [-0.2, 0) is 13.5 Å². The zero-order valence-electron chi connectivity index (χ0n) is 17.6. The summed E-state index contributed by atoms with van der Waals surface area (Å²) in [5, 5.41) is 5.97. The molecule has 1 atom stereocenters. The molecule has 2 heterocycles. The van der Waals surface area contributed by atoms with Crippen LogP contribution in [0, 0.1) is 0 Å². The number of urea groups is 1. The number of carbonyl (C=O) groups is 1. The first kappa shape index (κ1) is 20.5. The Kier molecular flexibility index (Phi) is 6.16. The maximum Gasteiger partial charge on any atom is 0.315 e. The van der Waals surface area contributed by atoms with E-state index in [4.69, 9.17) is 4.74 Å². The molecule has 31 heavy (non-hydrogen) atoms. The van der Waals surface area contributed by atoms with Crippen molar-refractivity contribution in [2.75, 3.05) is 13.7 Å². The number of methoxy groups -OCH3 is 1. The molecule has 0 fully saturated rings. The second kappa shape index (κ2) is 9.34. The number of hydrogen-bond acceptors (Lipinski definition) is 4. The maximum absolute atomic E-state index is 12.7. The van der Waals surface area contributed by atoms with Crippen molar-refractivity contribution in [1.82, 2.24) is 30.2 Å². The fourth-order valence-electron chi connectivity index (χ4n) is 3.61. The molecule has 1 unspecified atom stereocenters. The number of rotatable bonds is 8. The summed E-state index contributed by atoms with van der Waals surface area (Å²) in [6.45, 7) is 0.530. The highest BCUT2D eigenvalue weighted by Crippen LogP contribution is 2.28. The zero-order valence-corrected chi connectivity index (χ0v) is 17.6. The minimum Gasteiger partial charge on any atom is -0.496 e. The van der Waals surface area contributed by atoms with Crippen LogP contribution >= 0.6 is 0 Å². The van der Waals surface area contributed by atoms with Crippen molar-refractivity contribution in [3.63, 3.8) is 0 Å². The van der Waals surface area contributed by atoms with Crippen LogP contribution < -0.4 is 15.4 Å². The van der Waals surface area contributed by atoms with Gasteiger partial charge in [-0.1, -0.05) is 30.3 Å². The summed E-state index contributed by atoms with van der Waals surface area (Å²) in [5.74, 6) is 2.34. The number of aromatic nitrogens is 4. The first-order chi connectivity index (χ1) is 15.2. The molecule has 0 spiro atoms. The predicted octanol–water partition coefficient (Wildman–Crippen LogP) is 3.33. The number of aryl methyl sites for hydroxylation is 2. The van der Waals surface area contributed by atoms with E-state index in [0.717, 1.165) is 41.1 Å². The van der Waals surface area contributed by atoms with Crippen LogP contribution in [0.25, 0.3) is 11.0 Å². The molecule has 2 aromatic heterocycles. The number of amides is 2. The van der Waals surface area contributed by atoms with Gasteiger partial charge in [-0.25, -0.2) is 14.8 Å². The van der Waals surface area contributed by atoms with Gasteiger partial charge in [0.25, 0.3) is 0 Å². The number of aromatic amines is 1. The van der Waals surface area contributed by atoms with Gasteiger partial charge in [0, 0.05) is 38.0 Å². The standard InChI is InChI=1S/C23H26N6O2/c1-29-15-14-24-22(29)21(16-8-3-6-11-19(16)31-2)28-23(30)25-13-7-12-20-26-17-9-4-5-10-18(17)27-20/h3-6,8-11,14-15,21H,7,12-13H2,1-2H3,(H,26,27)(H2,25,28,30). The Hall–Kier alpha value is -3.81. The summed E-state index contributed by atoms with van der Waals surface area (Å²) in [6.07, 6.45) is 5.09. The van der Waals surface area contributed by atoms with E-state index in [1.807, 2.05) is 66.3 Å². The van der Waals surface area contributed by atoms with Crippen molar-refractivity contribution in [1.29, 1.82) is 0 Å². The highest BCUT2D eigenvalue weighted by Gasteiger charge is 2.23. The van der Waals surface area contributed by atoms with Gasteiger partial charge in [-0.2, -0.15) is 0 Å². The van der Waals surface area contributed by atoms with Gasteiger partial charge in [0.1, 0.15) is 23.4 Å². The molecule has 2 amide bonds. The van der Waals surface area contributed by atoms with E-state index in [1.54, 1.807) is 13.3 Å². The number of para-hydroxylation sites is 3. The number of benzene rings is 2. The van der Waals surface area contributed by atoms with E-state index < -0.39 is 6.04 Å². The van der Waals surface area contributed by atoms with E-state index >= 15 is 0 Å². The second-order valence-electron chi connectivity index (χ2n) is 7.28. The molecule has 8 nitrogen and oxygen atoms in total. The SMILES string of the molecule is COc1ccccc1C(NC(=O)NCCCc1nc2ccccc2[nH]1)c1nccn1C. The first-order valence-corrected chi connectivity index (χ1v) is 10.2. The Balaban J connectivity index is 1.38. The zero-order chi connectivity index (χ0) is 21.6. The lowest BCUT2D eigenvalue weighted by Crippen LogP contribution is -2.39. The quantitative estimate of drug-likeness (QED) is 0.383. The van der Waals surface area contributed by atoms with Gasteiger partial charge >= 0.3 is 6.03 Å². The first-order valence-electron chi connectivity index (χ1n) is 10.2. The lowest BCUT2D eigenvalue weighted by Gasteiger charge is -2.21. The third kappa shape index (κ3) is 4.69. The molecule has 0 aliphatic rings. The fourth-order valence-corrected chi connectivity index (χ4v) is 3.61. The topological polar surface area (TPSA) is 96.9 Å². The molecule has 2 aromatic carbocycles. The summed E-state index contributed by atoms with van der Waals surface area (Å²) < 4.78 is 7.39. The highest BCUT2D eigenvalue weighted by molar-refractivity contribution is 5.75. The van der Waals surface area contributed by atoms with E-state index in [1.165, 1.54) is 0 Å². The summed E-state index contributed by atoms with van der Waals surface area (Å²) in [7, 11) is 3.52. The molecule has 8 heteroatoms. The molecule has 0 bridgehead atoms. The van der Waals surface area contributed by atoms with Crippen LogP contribution in [0.5, 0.6) is 5.75 Å². The largest absolute Gasteiger partial charge is 0.496 e. The van der Waals surface area contributed by atoms with E-state index in [2.05, 4.69) is 25.6 Å². The Morgan fingerprint density at radius 1 is 1.19 bits per heavy atom. The molecule has 4 aromatic rings. The molecule has 4 rings (SSSR count). The summed E-state index contributed by atoms with van der Waals surface area (Å²) in [6, 6.07) is 14.9. The maximum atomic E-state index is 12.7. The van der Waals surface area contributed by atoms with Crippen LogP contribution in [0.1, 0.15) is 29.7 Å². The molecule has 0 aliphatic carbocycles. The number of hydrogen-bond donors (Lipinski definition) is 3. The third-order valence-corrected chi connectivity index (χ3v) is 5.16. The minimum atomic E-state index is -0.438. The van der Waals surface area contributed by atoms with Crippen molar-refractivity contribution in [2.24, 2.45) is 7.05 Å². The number of nitrogens with zero attached hydrogens (tertiary/aromatic N) is 3. The molecule has 0 radical (unpaired) electrons. The third-order valence-electron chi connectivity index (χ3n) is 5.16. The lowest BCUT2D eigenvalue weighted by atomic mass is 10.0.